The summed E-state index contributed by atoms with van der Waals surface area (Å²) in [6, 6.07) is 83.3. The van der Waals surface area contributed by atoms with Crippen molar-refractivity contribution in [3.05, 3.63) is 412 Å². The Kier molecular flexibility index (Phi) is 45.9. The van der Waals surface area contributed by atoms with Crippen LogP contribution in [-0.2, 0) is 38.1 Å². The summed E-state index contributed by atoms with van der Waals surface area (Å²) in [6.07, 6.45) is 16.4. The second kappa shape index (κ2) is 60.9. The van der Waals surface area contributed by atoms with E-state index in [9.17, 15) is 23.6 Å². The number of ether oxygens (including phenoxy) is 8. The van der Waals surface area contributed by atoms with Crippen molar-refractivity contribution in [3.63, 3.8) is 0 Å². The molecule has 0 saturated carbocycles. The predicted molar refractivity (Wildman–Crippen MR) is 555 cm³/mol. The molecule has 20 heteroatoms. The van der Waals surface area contributed by atoms with Crippen molar-refractivity contribution in [3.8, 4) is 130 Å². The van der Waals surface area contributed by atoms with Gasteiger partial charge in [-0.15, -0.1) is 45.3 Å². The Hall–Kier alpha value is -16.2. The highest BCUT2D eigenvalue weighted by Gasteiger charge is 2.08. The summed E-state index contributed by atoms with van der Waals surface area (Å²) in [4.78, 5) is 50.5. The van der Waals surface area contributed by atoms with E-state index in [-0.39, 0.29) is 29.7 Å². The van der Waals surface area contributed by atoms with Crippen molar-refractivity contribution in [1.82, 2.24) is 0 Å². The van der Waals surface area contributed by atoms with Crippen molar-refractivity contribution in [1.29, 1.82) is 10.5 Å². The summed E-state index contributed by atoms with van der Waals surface area (Å²) in [5.74, 6) is 52.0. The van der Waals surface area contributed by atoms with Gasteiger partial charge in [0, 0.05) is 84.1 Å². The number of thiophene rings is 4. The molecule has 0 bridgehead atoms. The molecule has 13 aromatic rings. The number of carbonyl (C=O) groups is 4. The maximum atomic E-state index is 13.0. The molecule has 692 valence electrons. The highest BCUT2D eigenvalue weighted by molar-refractivity contribution is 7.19. The zero-order valence-electron chi connectivity index (χ0n) is 76.4. The normalized spacial score (nSPS) is 9.73. The van der Waals surface area contributed by atoms with Crippen LogP contribution in [0.5, 0.6) is 23.0 Å². The van der Waals surface area contributed by atoms with Crippen LogP contribution in [0.25, 0.3) is 10.1 Å². The lowest BCUT2D eigenvalue weighted by Crippen LogP contribution is -2.03. The zero-order chi connectivity index (χ0) is 97.9. The van der Waals surface area contributed by atoms with Gasteiger partial charge >= 0.3 is 23.9 Å². The molecule has 4 aromatic heterocycles. The van der Waals surface area contributed by atoms with Gasteiger partial charge in [-0.2, -0.15) is 10.5 Å². The third-order valence-corrected chi connectivity index (χ3v) is 23.3. The van der Waals surface area contributed by atoms with Gasteiger partial charge in [0.05, 0.1) is 110 Å². The number of nitriles is 2. The van der Waals surface area contributed by atoms with Crippen LogP contribution in [0.2, 0.25) is 5.02 Å². The Bertz CT molecular complexity index is 6730. The van der Waals surface area contributed by atoms with E-state index >= 15 is 0 Å². The molecule has 0 amide bonds. The van der Waals surface area contributed by atoms with E-state index in [2.05, 4.69) is 151 Å². The fraction of sp³-hybridized carbons (Fsp3) is 0.176. The van der Waals surface area contributed by atoms with E-state index < -0.39 is 0 Å². The summed E-state index contributed by atoms with van der Waals surface area (Å²) in [5, 5.41) is 19.6. The molecule has 9 aromatic carbocycles. The van der Waals surface area contributed by atoms with E-state index in [4.69, 9.17) is 60.0 Å². The molecule has 0 radical (unpaired) electrons. The molecule has 0 saturated heterocycles. The number of unbranched alkanes of at least 4 members (excludes halogenated alkanes) is 9. The van der Waals surface area contributed by atoms with Gasteiger partial charge in [-0.1, -0.05) is 133 Å². The second-order valence-electron chi connectivity index (χ2n) is 29.8. The molecular formula is C119H96ClFN2O12S4. The van der Waals surface area contributed by atoms with Crippen LogP contribution >= 0.6 is 56.9 Å². The maximum absolute atomic E-state index is 13.0. The smallest absolute Gasteiger partial charge is 0.330 e. The van der Waals surface area contributed by atoms with Gasteiger partial charge in [-0.05, 0) is 344 Å². The lowest BCUT2D eigenvalue weighted by molar-refractivity contribution is -0.138. The molecule has 0 unspecified atom stereocenters. The Morgan fingerprint density at radius 3 is 0.763 bits per heavy atom. The van der Waals surface area contributed by atoms with E-state index in [0.29, 0.717) is 69.0 Å². The van der Waals surface area contributed by atoms with Gasteiger partial charge in [0.15, 0.2) is 0 Å². The highest BCUT2D eigenvalue weighted by atomic mass is 35.5. The van der Waals surface area contributed by atoms with Crippen LogP contribution < -0.4 is 18.9 Å². The van der Waals surface area contributed by atoms with Crippen LogP contribution in [0.4, 0.5) is 4.39 Å². The lowest BCUT2D eigenvalue weighted by atomic mass is 10.1. The van der Waals surface area contributed by atoms with Gasteiger partial charge in [0.2, 0.25) is 0 Å². The number of benzene rings is 9. The molecule has 0 N–H and O–H groups in total. The van der Waals surface area contributed by atoms with E-state index in [1.165, 1.54) is 52.5 Å². The van der Waals surface area contributed by atoms with Crippen molar-refractivity contribution in [2.45, 2.75) is 83.5 Å². The first kappa shape index (κ1) is 105. The fourth-order valence-corrected chi connectivity index (χ4v) is 15.1. The van der Waals surface area contributed by atoms with Crippen LogP contribution in [0.3, 0.4) is 0 Å². The summed E-state index contributed by atoms with van der Waals surface area (Å²) in [5.41, 5.74) is 9.33. The Balaban J connectivity index is 0.000000191. The number of hydrogen-bond donors (Lipinski definition) is 0. The SMILES string of the molecule is C=CC(=O)OCCCCCCOc1ccc(C#Cc2ccc3sc(C#Cc4ccc(C#N)cc4)cc3c2)cc1.C=CC(=O)OCCCCCOc1ccc(C#Cc2ccc(C#Cc3ccc(C#N)cc3)s2)cc1.C=CC(=O)OCCCCCOc1ccc(C#Cc2ccc(C#Cc3ccc(Cl)cc3)s2)cc1.C=CC(=O)OCCCCCOc1ccc(C#Cc2ccc(C#Cc3ccc(F)cc3)s2)cc1. The minimum Gasteiger partial charge on any atom is -0.494 e. The molecule has 139 heavy (non-hydrogen) atoms. The van der Waals surface area contributed by atoms with Crippen molar-refractivity contribution >= 4 is 90.9 Å². The third-order valence-electron chi connectivity index (χ3n) is 19.3. The molecule has 4 heterocycles. The predicted octanol–water partition coefficient (Wildman–Crippen LogP) is 25.4. The van der Waals surface area contributed by atoms with Crippen LogP contribution in [0.15, 0.2) is 305 Å². The molecule has 13 rings (SSSR count). The first-order chi connectivity index (χ1) is 68.0. The summed E-state index contributed by atoms with van der Waals surface area (Å²) in [7, 11) is 0. The van der Waals surface area contributed by atoms with E-state index in [0.717, 1.165) is 196 Å². The van der Waals surface area contributed by atoms with Crippen LogP contribution in [-0.4, -0.2) is 76.7 Å². The van der Waals surface area contributed by atoms with Gasteiger partial charge in [-0.25, -0.2) is 23.6 Å². The Morgan fingerprint density at radius 1 is 0.259 bits per heavy atom. The fourth-order valence-electron chi connectivity index (χ4n) is 11.9. The Morgan fingerprint density at radius 2 is 0.482 bits per heavy atom. The molecule has 0 aliphatic carbocycles. The topological polar surface area (TPSA) is 190 Å². The van der Waals surface area contributed by atoms with Gasteiger partial charge < -0.3 is 37.9 Å². The number of fused-ring (bicyclic) bond motifs is 1. The molecule has 0 aliphatic rings. The van der Waals surface area contributed by atoms with E-state index in [1.54, 1.807) is 70.4 Å². The number of esters is 4. The van der Waals surface area contributed by atoms with Gasteiger partial charge in [-0.3, -0.25) is 0 Å². The molecule has 14 nitrogen and oxygen atoms in total. The minimum atomic E-state index is -0.385. The van der Waals surface area contributed by atoms with E-state index in [1.807, 2.05) is 188 Å². The quantitative estimate of drug-likeness (QED) is 0.0124. The summed E-state index contributed by atoms with van der Waals surface area (Å²) in [6.45, 7) is 17.6. The maximum Gasteiger partial charge on any atom is 0.330 e. The Labute approximate surface area is 834 Å². The third kappa shape index (κ3) is 41.7. The first-order valence-corrected chi connectivity index (χ1v) is 48.3. The number of rotatable bonds is 33. The average molecular weight is 1930 g/mol. The summed E-state index contributed by atoms with van der Waals surface area (Å²) >= 11 is 12.2. The number of hydrogen-bond acceptors (Lipinski definition) is 18. The van der Waals surface area contributed by atoms with Crippen molar-refractivity contribution in [2.75, 3.05) is 52.9 Å². The van der Waals surface area contributed by atoms with Crippen molar-refractivity contribution in [2.24, 2.45) is 0 Å². The van der Waals surface area contributed by atoms with Crippen molar-refractivity contribution < 1.29 is 61.5 Å². The number of nitrogens with zero attached hydrogens (tertiary/aromatic N) is 2. The monoisotopic (exact) mass is 1930 g/mol. The van der Waals surface area contributed by atoms with Gasteiger partial charge in [0.25, 0.3) is 0 Å². The van der Waals surface area contributed by atoms with Crippen LogP contribution in [0.1, 0.15) is 179 Å². The number of carbonyl (C=O) groups excluding carboxylic acids is 4. The molecule has 0 atom stereocenters. The minimum absolute atomic E-state index is 0.269. The zero-order valence-corrected chi connectivity index (χ0v) is 80.4. The lowest BCUT2D eigenvalue weighted by Gasteiger charge is -2.06. The summed E-state index contributed by atoms with van der Waals surface area (Å²) < 4.78 is 57.0. The average Bonchev–Trinajstić information content (AvgIpc) is 1.68. The molecule has 0 aliphatic heterocycles. The molecular weight excluding hydrogens is 1830 g/mol. The van der Waals surface area contributed by atoms with Crippen LogP contribution in [0, 0.1) is 123 Å². The highest BCUT2D eigenvalue weighted by Crippen LogP contribution is 2.28. The first-order valence-electron chi connectivity index (χ1n) is 44.6. The molecule has 0 spiro atoms. The molecule has 0 fully saturated rings. The second-order valence-corrected chi connectivity index (χ2v) is 34.6. The number of halogens is 2. The standard InChI is InChI=1S/C34H27NO3S.C29H23NO3S.C28H23ClO3S.C28H23FO3S/c1-2-34(36)38-22-6-4-3-5-21-37-31-17-13-27(14-18-31)7-10-28-16-20-33-30(23-28)24-32(39-33)19-15-26-8-11-29(25-35)12-9-26;1-2-29(31)33-21-5-3-4-20-32-26-14-10-24(11-15-26)13-17-28-19-18-27(34-28)16-12-23-6-8-25(22-30)9-7-23;2*1-2-28(30)32-21-5-3-4-20-31-25-14-8-23(9-15-25)11-17-27-19-18-26(33-27)16-10-22-6-12-24(29)13-7-22/h2,8-9,11-14,16-18,20,23-24H,1,3-6,21-22H2;2,6-11,14-15,18-19H,1,3-5,20-21H2;2*2,6-9,12-15,18-19H,1,3-5,20-21H2. The van der Waals surface area contributed by atoms with Gasteiger partial charge in [0.1, 0.15) is 28.8 Å². The largest absolute Gasteiger partial charge is 0.494 e.